The Morgan fingerprint density at radius 2 is 2.06 bits per heavy atom. The highest BCUT2D eigenvalue weighted by Gasteiger charge is 2.33. The van der Waals surface area contributed by atoms with Gasteiger partial charge in [0.1, 0.15) is 0 Å². The third-order valence-corrected chi connectivity index (χ3v) is 2.94. The van der Waals surface area contributed by atoms with Crippen molar-refractivity contribution in [1.82, 2.24) is 4.98 Å². The van der Waals surface area contributed by atoms with Crippen molar-refractivity contribution in [2.75, 3.05) is 4.90 Å². The van der Waals surface area contributed by atoms with Crippen LogP contribution in [0.25, 0.3) is 0 Å². The summed E-state index contributed by atoms with van der Waals surface area (Å²) in [5.74, 6) is -0.211. The van der Waals surface area contributed by atoms with Gasteiger partial charge in [-0.05, 0) is 25.0 Å². The lowest BCUT2D eigenvalue weighted by atomic mass is 9.94. The predicted molar refractivity (Wildman–Crippen MR) is 59.7 cm³/mol. The van der Waals surface area contributed by atoms with E-state index in [1.54, 1.807) is 24.5 Å². The molecule has 1 aromatic heterocycles. The molecule has 0 saturated carbocycles. The number of anilines is 1. The number of carbonyl (C=O) groups excluding carboxylic acids is 2. The molecule has 1 saturated heterocycles. The molecule has 1 aliphatic rings. The molecule has 2 heterocycles. The van der Waals surface area contributed by atoms with E-state index < -0.39 is 0 Å². The van der Waals surface area contributed by atoms with E-state index in [2.05, 4.69) is 4.98 Å². The van der Waals surface area contributed by atoms with Gasteiger partial charge in [0.15, 0.2) is 0 Å². The van der Waals surface area contributed by atoms with Gasteiger partial charge in [0.25, 0.3) is 0 Å². The van der Waals surface area contributed by atoms with Crippen molar-refractivity contribution in [3.8, 4) is 0 Å². The SMILES string of the molecule is CCC1CCC(=O)N(c2ccncc2)C1=O. The maximum absolute atomic E-state index is 12.1. The zero-order valence-electron chi connectivity index (χ0n) is 9.22. The van der Waals surface area contributed by atoms with Crippen LogP contribution in [0.2, 0.25) is 0 Å². The number of nitrogens with zero attached hydrogens (tertiary/aromatic N) is 2. The van der Waals surface area contributed by atoms with Crippen molar-refractivity contribution in [3.63, 3.8) is 0 Å². The van der Waals surface area contributed by atoms with Crippen molar-refractivity contribution in [3.05, 3.63) is 24.5 Å². The molecule has 16 heavy (non-hydrogen) atoms. The van der Waals surface area contributed by atoms with E-state index in [0.717, 1.165) is 6.42 Å². The number of imide groups is 1. The second kappa shape index (κ2) is 4.43. The third kappa shape index (κ3) is 1.83. The summed E-state index contributed by atoms with van der Waals surface area (Å²) in [6, 6.07) is 3.38. The van der Waals surface area contributed by atoms with E-state index in [-0.39, 0.29) is 17.7 Å². The van der Waals surface area contributed by atoms with Crippen LogP contribution in [0.1, 0.15) is 26.2 Å². The quantitative estimate of drug-likeness (QED) is 0.711. The van der Waals surface area contributed by atoms with Gasteiger partial charge in [-0.15, -0.1) is 0 Å². The van der Waals surface area contributed by atoms with Crippen molar-refractivity contribution in [2.45, 2.75) is 26.2 Å². The summed E-state index contributed by atoms with van der Waals surface area (Å²) in [6.45, 7) is 1.98. The van der Waals surface area contributed by atoms with Gasteiger partial charge in [0.2, 0.25) is 11.8 Å². The van der Waals surface area contributed by atoms with Crippen LogP contribution in [0.4, 0.5) is 5.69 Å². The molecule has 1 atom stereocenters. The summed E-state index contributed by atoms with van der Waals surface area (Å²) in [6.07, 6.45) is 5.09. The Bertz CT molecular complexity index is 403. The molecule has 0 aliphatic carbocycles. The van der Waals surface area contributed by atoms with Crippen molar-refractivity contribution < 1.29 is 9.59 Å². The summed E-state index contributed by atoms with van der Waals surface area (Å²) in [4.78, 5) is 29.0. The Morgan fingerprint density at radius 1 is 1.38 bits per heavy atom. The van der Waals surface area contributed by atoms with Gasteiger partial charge in [0, 0.05) is 24.7 Å². The Morgan fingerprint density at radius 3 is 2.69 bits per heavy atom. The van der Waals surface area contributed by atoms with Crippen LogP contribution >= 0.6 is 0 Å². The molecule has 84 valence electrons. The van der Waals surface area contributed by atoms with Gasteiger partial charge in [-0.2, -0.15) is 0 Å². The molecule has 1 unspecified atom stereocenters. The highest BCUT2D eigenvalue weighted by Crippen LogP contribution is 2.26. The lowest BCUT2D eigenvalue weighted by Gasteiger charge is -2.29. The van der Waals surface area contributed by atoms with E-state index in [9.17, 15) is 9.59 Å². The van der Waals surface area contributed by atoms with Crippen LogP contribution < -0.4 is 4.90 Å². The van der Waals surface area contributed by atoms with Crippen molar-refractivity contribution in [1.29, 1.82) is 0 Å². The second-order valence-corrected chi connectivity index (χ2v) is 3.92. The molecule has 0 bridgehead atoms. The Labute approximate surface area is 94.3 Å². The standard InChI is InChI=1S/C12H14N2O2/c1-2-9-3-4-11(15)14(12(9)16)10-5-7-13-8-6-10/h5-9H,2-4H2,1H3. The fraction of sp³-hybridized carbons (Fsp3) is 0.417. The zero-order valence-corrected chi connectivity index (χ0v) is 9.22. The van der Waals surface area contributed by atoms with E-state index >= 15 is 0 Å². The number of carbonyl (C=O) groups is 2. The second-order valence-electron chi connectivity index (χ2n) is 3.92. The average molecular weight is 218 g/mol. The number of aromatic nitrogens is 1. The topological polar surface area (TPSA) is 50.3 Å². The largest absolute Gasteiger partial charge is 0.274 e. The molecule has 0 radical (unpaired) electrons. The smallest absolute Gasteiger partial charge is 0.236 e. The molecule has 1 aromatic rings. The lowest BCUT2D eigenvalue weighted by Crippen LogP contribution is -2.45. The molecule has 0 N–H and O–H groups in total. The van der Waals surface area contributed by atoms with E-state index in [4.69, 9.17) is 0 Å². The Hall–Kier alpha value is -1.71. The van der Waals surface area contributed by atoms with Gasteiger partial charge in [-0.1, -0.05) is 6.92 Å². The molecule has 4 nitrogen and oxygen atoms in total. The van der Waals surface area contributed by atoms with Crippen molar-refractivity contribution >= 4 is 17.5 Å². The Kier molecular flexibility index (Phi) is 2.99. The van der Waals surface area contributed by atoms with Crippen LogP contribution in [0.5, 0.6) is 0 Å². The van der Waals surface area contributed by atoms with Crippen LogP contribution in [0.3, 0.4) is 0 Å². The number of hydrogen-bond acceptors (Lipinski definition) is 3. The number of hydrogen-bond donors (Lipinski definition) is 0. The van der Waals surface area contributed by atoms with Crippen LogP contribution in [0, 0.1) is 5.92 Å². The number of pyridine rings is 1. The first-order chi connectivity index (χ1) is 7.74. The average Bonchev–Trinajstić information content (AvgIpc) is 2.31. The fourth-order valence-corrected chi connectivity index (χ4v) is 1.98. The van der Waals surface area contributed by atoms with Crippen molar-refractivity contribution in [2.24, 2.45) is 5.92 Å². The monoisotopic (exact) mass is 218 g/mol. The van der Waals surface area contributed by atoms with E-state index in [1.807, 2.05) is 6.92 Å². The first-order valence-electron chi connectivity index (χ1n) is 5.51. The summed E-state index contributed by atoms with van der Waals surface area (Å²) >= 11 is 0. The molecule has 1 aliphatic heterocycles. The molecule has 0 spiro atoms. The number of piperidine rings is 1. The van der Waals surface area contributed by atoms with Gasteiger partial charge in [0.05, 0.1) is 5.69 Å². The summed E-state index contributed by atoms with van der Waals surface area (Å²) in [7, 11) is 0. The predicted octanol–water partition coefficient (Wildman–Crippen LogP) is 1.76. The minimum absolute atomic E-state index is 0.0223. The fourth-order valence-electron chi connectivity index (χ4n) is 1.98. The lowest BCUT2D eigenvalue weighted by molar-refractivity contribution is -0.132. The van der Waals surface area contributed by atoms with Gasteiger partial charge in [-0.25, -0.2) is 0 Å². The highest BCUT2D eigenvalue weighted by molar-refractivity contribution is 6.17. The number of rotatable bonds is 2. The molecule has 0 aromatic carbocycles. The maximum atomic E-state index is 12.1. The molecular weight excluding hydrogens is 204 g/mol. The minimum atomic E-state index is -0.110. The number of amides is 2. The van der Waals surface area contributed by atoms with E-state index in [0.29, 0.717) is 18.5 Å². The normalized spacial score (nSPS) is 21.3. The first-order valence-corrected chi connectivity index (χ1v) is 5.51. The first kappa shape index (κ1) is 10.8. The molecule has 4 heteroatoms. The minimum Gasteiger partial charge on any atom is -0.274 e. The summed E-state index contributed by atoms with van der Waals surface area (Å²) in [5.41, 5.74) is 0.628. The summed E-state index contributed by atoms with van der Waals surface area (Å²) in [5, 5.41) is 0. The van der Waals surface area contributed by atoms with Gasteiger partial charge < -0.3 is 0 Å². The summed E-state index contributed by atoms with van der Waals surface area (Å²) < 4.78 is 0. The van der Waals surface area contributed by atoms with Crippen LogP contribution in [0.15, 0.2) is 24.5 Å². The third-order valence-electron chi connectivity index (χ3n) is 2.94. The van der Waals surface area contributed by atoms with Gasteiger partial charge in [-0.3, -0.25) is 19.5 Å². The molecular formula is C12H14N2O2. The van der Waals surface area contributed by atoms with Gasteiger partial charge >= 0.3 is 0 Å². The molecule has 1 fully saturated rings. The Balaban J connectivity index is 2.31. The highest BCUT2D eigenvalue weighted by atomic mass is 16.2. The molecule has 2 amide bonds. The molecule has 2 rings (SSSR count). The zero-order chi connectivity index (χ0) is 11.5. The van der Waals surface area contributed by atoms with Crippen LogP contribution in [-0.4, -0.2) is 16.8 Å². The maximum Gasteiger partial charge on any atom is 0.236 e. The van der Waals surface area contributed by atoms with E-state index in [1.165, 1.54) is 4.90 Å². The van der Waals surface area contributed by atoms with Crippen LogP contribution in [-0.2, 0) is 9.59 Å².